The molecule has 0 unspecified atom stereocenters. The zero-order valence-corrected chi connectivity index (χ0v) is 9.88. The molecule has 5 nitrogen and oxygen atoms in total. The summed E-state index contributed by atoms with van der Waals surface area (Å²) in [6, 6.07) is 3.14. The number of thiazole rings is 1. The second kappa shape index (κ2) is 5.01. The lowest BCUT2D eigenvalue weighted by Crippen LogP contribution is -2.23. The first kappa shape index (κ1) is 12.3. The Hall–Kier alpha value is -2.15. The van der Waals surface area contributed by atoms with Crippen molar-refractivity contribution in [1.29, 1.82) is 0 Å². The van der Waals surface area contributed by atoms with E-state index in [1.165, 1.54) is 6.07 Å². The number of rotatable bonds is 3. The molecule has 1 amide bonds. The summed E-state index contributed by atoms with van der Waals surface area (Å²) in [7, 11) is 0. The largest absolute Gasteiger partial charge is 0.507 e. The first-order chi connectivity index (χ1) is 8.56. The van der Waals surface area contributed by atoms with Crippen LogP contribution in [0, 0.1) is 5.82 Å². The Bertz CT molecular complexity index is 635. The number of benzene rings is 1. The van der Waals surface area contributed by atoms with E-state index >= 15 is 0 Å². The number of aromatic nitrogens is 1. The van der Waals surface area contributed by atoms with Crippen molar-refractivity contribution in [2.75, 3.05) is 0 Å². The Kier molecular flexibility index (Phi) is 3.42. The van der Waals surface area contributed by atoms with Crippen LogP contribution in [-0.2, 0) is 6.54 Å². The first-order valence-corrected chi connectivity index (χ1v) is 5.87. The van der Waals surface area contributed by atoms with E-state index in [0.717, 1.165) is 23.5 Å². The fourth-order valence-electron chi connectivity index (χ4n) is 1.37. The van der Waals surface area contributed by atoms with Crippen LogP contribution in [0.3, 0.4) is 0 Å². The van der Waals surface area contributed by atoms with Crippen LogP contribution in [0.1, 0.15) is 16.1 Å². The van der Waals surface area contributed by atoms with E-state index < -0.39 is 17.5 Å². The third-order valence-corrected chi connectivity index (χ3v) is 2.93. The summed E-state index contributed by atoms with van der Waals surface area (Å²) in [5.74, 6) is -1.59. The molecular weight excluding hydrogens is 259 g/mol. The Balaban J connectivity index is 2.06. The second-order valence-electron chi connectivity index (χ2n) is 3.52. The molecule has 1 aromatic heterocycles. The highest BCUT2D eigenvalue weighted by Crippen LogP contribution is 2.17. The van der Waals surface area contributed by atoms with Gasteiger partial charge in [-0.25, -0.2) is 4.39 Å². The topological polar surface area (TPSA) is 82.2 Å². The van der Waals surface area contributed by atoms with E-state index in [2.05, 4.69) is 10.3 Å². The number of aromatic hydroxyl groups is 1. The third kappa shape index (κ3) is 2.75. The Labute approximate surface area is 105 Å². The number of H-pyrrole nitrogens is 1. The van der Waals surface area contributed by atoms with E-state index in [1.807, 2.05) is 0 Å². The molecule has 0 saturated heterocycles. The van der Waals surface area contributed by atoms with Crippen LogP contribution in [0.4, 0.5) is 4.39 Å². The Morgan fingerprint density at radius 3 is 2.89 bits per heavy atom. The maximum Gasteiger partial charge on any atom is 0.304 e. The van der Waals surface area contributed by atoms with E-state index in [-0.39, 0.29) is 17.0 Å². The van der Waals surface area contributed by atoms with Gasteiger partial charge in [-0.2, -0.15) is 0 Å². The maximum atomic E-state index is 12.7. The first-order valence-electron chi connectivity index (χ1n) is 4.99. The average Bonchev–Trinajstić information content (AvgIpc) is 2.72. The molecule has 0 aliphatic carbocycles. The number of nitrogens with one attached hydrogen (secondary N) is 2. The molecule has 0 aliphatic heterocycles. The standard InChI is InChI=1S/C11H9FN2O3S/c12-6-1-2-8(9(15)3-6)10(16)13-4-7-5-18-11(17)14-7/h1-3,5,15H,4H2,(H,13,16)(H,14,17). The van der Waals surface area contributed by atoms with Crippen molar-refractivity contribution in [3.63, 3.8) is 0 Å². The van der Waals surface area contributed by atoms with Crippen LogP contribution in [-0.4, -0.2) is 16.0 Å². The molecule has 0 bridgehead atoms. The minimum Gasteiger partial charge on any atom is -0.507 e. The van der Waals surface area contributed by atoms with Gasteiger partial charge in [0.2, 0.25) is 0 Å². The number of aromatic amines is 1. The van der Waals surface area contributed by atoms with Crippen LogP contribution in [0.5, 0.6) is 5.75 Å². The predicted octanol–water partition coefficient (Wildman–Crippen LogP) is 1.21. The van der Waals surface area contributed by atoms with Crippen LogP contribution < -0.4 is 10.2 Å². The molecule has 3 N–H and O–H groups in total. The minimum atomic E-state index is -0.619. The highest BCUT2D eigenvalue weighted by Gasteiger charge is 2.11. The van der Waals surface area contributed by atoms with Gasteiger partial charge in [-0.3, -0.25) is 9.59 Å². The van der Waals surface area contributed by atoms with Gasteiger partial charge in [-0.1, -0.05) is 11.3 Å². The molecule has 18 heavy (non-hydrogen) atoms. The zero-order chi connectivity index (χ0) is 13.1. The molecule has 1 aromatic carbocycles. The van der Waals surface area contributed by atoms with Crippen molar-refractivity contribution in [3.8, 4) is 5.75 Å². The lowest BCUT2D eigenvalue weighted by Gasteiger charge is -2.05. The molecule has 7 heteroatoms. The molecule has 0 spiro atoms. The number of phenols is 1. The minimum absolute atomic E-state index is 0.0195. The molecule has 0 radical (unpaired) electrons. The monoisotopic (exact) mass is 268 g/mol. The Morgan fingerprint density at radius 2 is 2.28 bits per heavy atom. The normalized spacial score (nSPS) is 10.3. The average molecular weight is 268 g/mol. The van der Waals surface area contributed by atoms with Gasteiger partial charge in [0.05, 0.1) is 12.1 Å². The van der Waals surface area contributed by atoms with Crippen LogP contribution in [0.2, 0.25) is 0 Å². The van der Waals surface area contributed by atoms with E-state index in [9.17, 15) is 19.1 Å². The fraction of sp³-hybridized carbons (Fsp3) is 0.0909. The van der Waals surface area contributed by atoms with Crippen LogP contribution in [0.15, 0.2) is 28.4 Å². The molecule has 2 aromatic rings. The van der Waals surface area contributed by atoms with E-state index in [4.69, 9.17) is 0 Å². The summed E-state index contributed by atoms with van der Waals surface area (Å²) in [6.07, 6.45) is 0. The van der Waals surface area contributed by atoms with Crippen LogP contribution >= 0.6 is 11.3 Å². The molecule has 2 rings (SSSR count). The van der Waals surface area contributed by atoms with Crippen molar-refractivity contribution in [3.05, 3.63) is 50.3 Å². The van der Waals surface area contributed by atoms with Crippen molar-refractivity contribution in [2.24, 2.45) is 0 Å². The van der Waals surface area contributed by atoms with Crippen molar-refractivity contribution in [1.82, 2.24) is 10.3 Å². The third-order valence-electron chi connectivity index (χ3n) is 2.21. The summed E-state index contributed by atoms with van der Waals surface area (Å²) in [6.45, 7) is 0.133. The molecule has 1 heterocycles. The molecule has 94 valence electrons. The van der Waals surface area contributed by atoms with E-state index in [1.54, 1.807) is 5.38 Å². The maximum absolute atomic E-state index is 12.7. The molecule has 0 aliphatic rings. The molecular formula is C11H9FN2O3S. The number of halogens is 1. The number of phenolic OH excluding ortho intramolecular Hbond substituents is 1. The van der Waals surface area contributed by atoms with Gasteiger partial charge in [0.1, 0.15) is 11.6 Å². The lowest BCUT2D eigenvalue weighted by molar-refractivity contribution is 0.0947. The lowest BCUT2D eigenvalue weighted by atomic mass is 10.2. The zero-order valence-electron chi connectivity index (χ0n) is 9.07. The Morgan fingerprint density at radius 1 is 1.50 bits per heavy atom. The van der Waals surface area contributed by atoms with Gasteiger partial charge in [0.15, 0.2) is 0 Å². The highest BCUT2D eigenvalue weighted by molar-refractivity contribution is 7.07. The van der Waals surface area contributed by atoms with Crippen molar-refractivity contribution in [2.45, 2.75) is 6.54 Å². The van der Waals surface area contributed by atoms with Gasteiger partial charge < -0.3 is 15.4 Å². The number of carbonyl (C=O) groups excluding carboxylic acids is 1. The van der Waals surface area contributed by atoms with Gasteiger partial charge >= 0.3 is 4.87 Å². The SMILES string of the molecule is O=C(NCc1csc(=O)[nH]1)c1ccc(F)cc1O. The number of carbonyl (C=O) groups is 1. The smallest absolute Gasteiger partial charge is 0.304 e. The van der Waals surface area contributed by atoms with Crippen LogP contribution in [0.25, 0.3) is 0 Å². The van der Waals surface area contributed by atoms with Crippen molar-refractivity contribution >= 4 is 17.2 Å². The van der Waals surface area contributed by atoms with Gasteiger partial charge in [0, 0.05) is 17.1 Å². The van der Waals surface area contributed by atoms with E-state index in [0.29, 0.717) is 5.69 Å². The summed E-state index contributed by atoms with van der Waals surface area (Å²) in [4.78, 5) is 24.9. The summed E-state index contributed by atoms with van der Waals surface area (Å²) in [5, 5.41) is 13.5. The molecule has 0 atom stereocenters. The fourth-order valence-corrected chi connectivity index (χ4v) is 1.95. The molecule has 0 saturated carbocycles. The summed E-state index contributed by atoms with van der Waals surface area (Å²) >= 11 is 0.996. The van der Waals surface area contributed by atoms with Crippen molar-refractivity contribution < 1.29 is 14.3 Å². The highest BCUT2D eigenvalue weighted by atomic mass is 32.1. The summed E-state index contributed by atoms with van der Waals surface area (Å²) in [5.41, 5.74) is 0.550. The predicted molar refractivity (Wildman–Crippen MR) is 64.2 cm³/mol. The van der Waals surface area contributed by atoms with Gasteiger partial charge in [0.25, 0.3) is 5.91 Å². The number of hydrogen-bond donors (Lipinski definition) is 3. The number of amides is 1. The quantitative estimate of drug-likeness (QED) is 0.782. The van der Waals surface area contributed by atoms with Gasteiger partial charge in [-0.05, 0) is 12.1 Å². The number of hydrogen-bond acceptors (Lipinski definition) is 4. The summed E-state index contributed by atoms with van der Waals surface area (Å²) < 4.78 is 12.7. The second-order valence-corrected chi connectivity index (χ2v) is 4.36. The molecule has 0 fully saturated rings. The van der Waals surface area contributed by atoms with Gasteiger partial charge in [-0.15, -0.1) is 0 Å².